The molecular weight excluding hydrogens is 202 g/mol. The normalized spacial score (nSPS) is 26.3. The Morgan fingerprint density at radius 3 is 2.06 bits per heavy atom. The fourth-order valence-corrected chi connectivity index (χ4v) is 2.62. The number of rotatable bonds is 1. The molecule has 16 heavy (non-hydrogen) atoms. The summed E-state index contributed by atoms with van der Waals surface area (Å²) in [5.74, 6) is 0.787. The molecule has 1 amide bonds. The number of carbonyl (C=O) groups is 1. The third-order valence-electron chi connectivity index (χ3n) is 3.93. The second kappa shape index (κ2) is 5.07. The van der Waals surface area contributed by atoms with Crippen molar-refractivity contribution in [1.82, 2.24) is 4.90 Å². The number of nitrogens with zero attached hydrogens (tertiary/aromatic N) is 1. The van der Waals surface area contributed by atoms with Gasteiger partial charge in [0.1, 0.15) is 0 Å². The van der Waals surface area contributed by atoms with Gasteiger partial charge in [-0.05, 0) is 37.0 Å². The van der Waals surface area contributed by atoms with E-state index in [0.29, 0.717) is 11.5 Å². The van der Waals surface area contributed by atoms with Gasteiger partial charge < -0.3 is 9.64 Å². The van der Waals surface area contributed by atoms with E-state index in [2.05, 4.69) is 20.8 Å². The Bertz CT molecular complexity index is 237. The summed E-state index contributed by atoms with van der Waals surface area (Å²) < 4.78 is 4.75. The highest BCUT2D eigenvalue weighted by Crippen LogP contribution is 2.38. The number of hydrogen-bond acceptors (Lipinski definition) is 2. The molecule has 0 bridgehead atoms. The van der Waals surface area contributed by atoms with Crippen LogP contribution in [0.25, 0.3) is 0 Å². The summed E-state index contributed by atoms with van der Waals surface area (Å²) in [6.07, 6.45) is 4.44. The van der Waals surface area contributed by atoms with Crippen LogP contribution in [0.4, 0.5) is 4.79 Å². The van der Waals surface area contributed by atoms with Gasteiger partial charge in [0, 0.05) is 13.1 Å². The minimum Gasteiger partial charge on any atom is -0.453 e. The number of amides is 1. The SMILES string of the molecule is COC(=O)N(C)[C@H]1CC[C@H](C(C)(C)C)CC1. The van der Waals surface area contributed by atoms with E-state index in [1.54, 1.807) is 4.90 Å². The lowest BCUT2D eigenvalue weighted by molar-refractivity contribution is 0.0856. The molecule has 1 fully saturated rings. The molecule has 1 rings (SSSR count). The fraction of sp³-hybridized carbons (Fsp3) is 0.923. The Balaban J connectivity index is 2.46. The van der Waals surface area contributed by atoms with Crippen molar-refractivity contribution in [2.24, 2.45) is 11.3 Å². The lowest BCUT2D eigenvalue weighted by Gasteiger charge is -2.39. The zero-order valence-electron chi connectivity index (χ0n) is 11.2. The van der Waals surface area contributed by atoms with Gasteiger partial charge in [0.05, 0.1) is 7.11 Å². The van der Waals surface area contributed by atoms with E-state index in [-0.39, 0.29) is 6.09 Å². The summed E-state index contributed by atoms with van der Waals surface area (Å²) in [6, 6.07) is 0.367. The number of carbonyl (C=O) groups excluding carboxylic acids is 1. The molecular formula is C13H25NO2. The standard InChI is InChI=1S/C13H25NO2/c1-13(2,3)10-6-8-11(9-7-10)14(4)12(15)16-5/h10-11H,6-9H2,1-5H3/t10-,11-. The Hall–Kier alpha value is -0.730. The average molecular weight is 227 g/mol. The molecule has 3 heteroatoms. The van der Waals surface area contributed by atoms with Gasteiger partial charge in [0.2, 0.25) is 0 Å². The van der Waals surface area contributed by atoms with Crippen LogP contribution in [0.1, 0.15) is 46.5 Å². The Morgan fingerprint density at radius 1 is 1.19 bits per heavy atom. The van der Waals surface area contributed by atoms with Crippen molar-refractivity contribution in [1.29, 1.82) is 0 Å². The maximum Gasteiger partial charge on any atom is 0.409 e. The summed E-state index contributed by atoms with van der Waals surface area (Å²) >= 11 is 0. The van der Waals surface area contributed by atoms with Crippen molar-refractivity contribution in [3.8, 4) is 0 Å². The first-order valence-electron chi connectivity index (χ1n) is 6.17. The summed E-state index contributed by atoms with van der Waals surface area (Å²) in [6.45, 7) is 6.92. The van der Waals surface area contributed by atoms with Crippen LogP contribution in [0.2, 0.25) is 0 Å². The van der Waals surface area contributed by atoms with E-state index in [9.17, 15) is 4.79 Å². The van der Waals surface area contributed by atoms with E-state index in [0.717, 1.165) is 18.8 Å². The van der Waals surface area contributed by atoms with Crippen LogP contribution in [0.15, 0.2) is 0 Å². The molecule has 1 aliphatic rings. The molecule has 0 atom stereocenters. The lowest BCUT2D eigenvalue weighted by atomic mass is 9.71. The molecule has 0 spiro atoms. The first-order valence-corrected chi connectivity index (χ1v) is 6.17. The highest BCUT2D eigenvalue weighted by molar-refractivity contribution is 5.67. The second-order valence-electron chi connectivity index (χ2n) is 5.95. The van der Waals surface area contributed by atoms with Crippen LogP contribution in [-0.2, 0) is 4.74 Å². The van der Waals surface area contributed by atoms with Crippen molar-refractivity contribution in [2.75, 3.05) is 14.2 Å². The quantitative estimate of drug-likeness (QED) is 0.688. The summed E-state index contributed by atoms with van der Waals surface area (Å²) in [4.78, 5) is 13.1. The molecule has 0 unspecified atom stereocenters. The summed E-state index contributed by atoms with van der Waals surface area (Å²) in [5, 5.41) is 0. The predicted octanol–water partition coefficient (Wildman–Crippen LogP) is 3.29. The Morgan fingerprint density at radius 2 is 1.69 bits per heavy atom. The highest BCUT2D eigenvalue weighted by atomic mass is 16.5. The largest absolute Gasteiger partial charge is 0.453 e. The molecule has 0 N–H and O–H groups in total. The van der Waals surface area contributed by atoms with E-state index < -0.39 is 0 Å². The van der Waals surface area contributed by atoms with Gasteiger partial charge in [0.25, 0.3) is 0 Å². The van der Waals surface area contributed by atoms with Gasteiger partial charge in [0.15, 0.2) is 0 Å². The minimum atomic E-state index is -0.209. The first kappa shape index (κ1) is 13.3. The van der Waals surface area contributed by atoms with E-state index in [1.807, 2.05) is 7.05 Å². The van der Waals surface area contributed by atoms with Crippen LogP contribution in [0, 0.1) is 11.3 Å². The van der Waals surface area contributed by atoms with E-state index in [1.165, 1.54) is 20.0 Å². The second-order valence-corrected chi connectivity index (χ2v) is 5.95. The molecule has 0 aromatic rings. The zero-order valence-corrected chi connectivity index (χ0v) is 11.2. The molecule has 1 aliphatic carbocycles. The Labute approximate surface area is 99.1 Å². The minimum absolute atomic E-state index is 0.209. The number of ether oxygens (including phenoxy) is 1. The van der Waals surface area contributed by atoms with Crippen molar-refractivity contribution >= 4 is 6.09 Å². The molecule has 0 aliphatic heterocycles. The van der Waals surface area contributed by atoms with Crippen LogP contribution < -0.4 is 0 Å². The van der Waals surface area contributed by atoms with Crippen molar-refractivity contribution in [2.45, 2.75) is 52.5 Å². The molecule has 0 radical (unpaired) electrons. The molecule has 3 nitrogen and oxygen atoms in total. The van der Waals surface area contributed by atoms with Crippen LogP contribution in [0.3, 0.4) is 0 Å². The van der Waals surface area contributed by atoms with Gasteiger partial charge in [-0.15, -0.1) is 0 Å². The maximum absolute atomic E-state index is 11.4. The van der Waals surface area contributed by atoms with Gasteiger partial charge in [-0.1, -0.05) is 20.8 Å². The van der Waals surface area contributed by atoms with Crippen LogP contribution >= 0.6 is 0 Å². The molecule has 0 heterocycles. The fourth-order valence-electron chi connectivity index (χ4n) is 2.62. The van der Waals surface area contributed by atoms with Crippen molar-refractivity contribution in [3.05, 3.63) is 0 Å². The van der Waals surface area contributed by atoms with Gasteiger partial charge >= 0.3 is 6.09 Å². The highest BCUT2D eigenvalue weighted by Gasteiger charge is 2.32. The third kappa shape index (κ3) is 3.13. The smallest absolute Gasteiger partial charge is 0.409 e. The van der Waals surface area contributed by atoms with Crippen molar-refractivity contribution in [3.63, 3.8) is 0 Å². The van der Waals surface area contributed by atoms with Gasteiger partial charge in [-0.3, -0.25) is 0 Å². The molecule has 0 aromatic carbocycles. The maximum atomic E-state index is 11.4. The topological polar surface area (TPSA) is 29.5 Å². The first-order chi connectivity index (χ1) is 7.36. The van der Waals surface area contributed by atoms with E-state index in [4.69, 9.17) is 4.74 Å². The van der Waals surface area contributed by atoms with E-state index >= 15 is 0 Å². The molecule has 94 valence electrons. The zero-order chi connectivity index (χ0) is 12.3. The predicted molar refractivity (Wildman–Crippen MR) is 65.4 cm³/mol. The van der Waals surface area contributed by atoms with Crippen LogP contribution in [-0.4, -0.2) is 31.2 Å². The van der Waals surface area contributed by atoms with Crippen molar-refractivity contribution < 1.29 is 9.53 Å². The molecule has 1 saturated carbocycles. The Kier molecular flexibility index (Phi) is 4.22. The lowest BCUT2D eigenvalue weighted by Crippen LogP contribution is -2.40. The van der Waals surface area contributed by atoms with Gasteiger partial charge in [-0.2, -0.15) is 0 Å². The summed E-state index contributed by atoms with van der Waals surface area (Å²) in [7, 11) is 3.29. The monoisotopic (exact) mass is 227 g/mol. The van der Waals surface area contributed by atoms with Crippen LogP contribution in [0.5, 0.6) is 0 Å². The number of methoxy groups -OCH3 is 1. The average Bonchev–Trinajstić information content (AvgIpc) is 2.26. The third-order valence-corrected chi connectivity index (χ3v) is 3.93. The summed E-state index contributed by atoms with van der Waals surface area (Å²) in [5.41, 5.74) is 0.398. The number of hydrogen-bond donors (Lipinski definition) is 0. The molecule has 0 saturated heterocycles. The molecule has 0 aromatic heterocycles. The van der Waals surface area contributed by atoms with Gasteiger partial charge in [-0.25, -0.2) is 4.79 Å².